The predicted octanol–water partition coefficient (Wildman–Crippen LogP) is 2.51. The van der Waals surface area contributed by atoms with E-state index in [4.69, 9.17) is 0 Å². The third-order valence-corrected chi connectivity index (χ3v) is 7.04. The van der Waals surface area contributed by atoms with Gasteiger partial charge < -0.3 is 15.5 Å². The van der Waals surface area contributed by atoms with Gasteiger partial charge in [0, 0.05) is 38.0 Å². The predicted molar refractivity (Wildman–Crippen MR) is 92.4 cm³/mol. The fraction of sp³-hybridized carbons (Fsp3) is 0.895. The molecule has 0 unspecified atom stereocenters. The lowest BCUT2D eigenvalue weighted by Crippen LogP contribution is -2.52. The van der Waals surface area contributed by atoms with Crippen LogP contribution in [0.25, 0.3) is 0 Å². The smallest absolute Gasteiger partial charge is 0.317 e. The number of likely N-dealkylation sites (tertiary alicyclic amines) is 1. The number of hydrogen-bond acceptors (Lipinski definition) is 2. The molecule has 5 heteroatoms. The number of rotatable bonds is 4. The summed E-state index contributed by atoms with van der Waals surface area (Å²) in [5.41, 5.74) is 0. The first-order valence-electron chi connectivity index (χ1n) is 10.0. The van der Waals surface area contributed by atoms with Crippen LogP contribution in [0, 0.1) is 23.7 Å². The van der Waals surface area contributed by atoms with Gasteiger partial charge in [-0.15, -0.1) is 0 Å². The lowest BCUT2D eigenvalue weighted by Gasteiger charge is -2.38. The van der Waals surface area contributed by atoms with Crippen molar-refractivity contribution in [3.05, 3.63) is 0 Å². The number of amides is 3. The molecule has 4 fully saturated rings. The average Bonchev–Trinajstić information content (AvgIpc) is 3.31. The Bertz CT molecular complexity index is 495. The van der Waals surface area contributed by atoms with E-state index in [0.29, 0.717) is 12.3 Å². The van der Waals surface area contributed by atoms with Crippen LogP contribution in [0.3, 0.4) is 0 Å². The van der Waals surface area contributed by atoms with Crippen molar-refractivity contribution in [3.63, 3.8) is 0 Å². The quantitative estimate of drug-likeness (QED) is 0.830. The zero-order chi connectivity index (χ0) is 16.5. The molecule has 0 aromatic heterocycles. The number of nitrogens with one attached hydrogen (secondary N) is 2. The van der Waals surface area contributed by atoms with Gasteiger partial charge in [0.2, 0.25) is 5.91 Å². The SMILES string of the molecule is O=C1C[C@H]([C@@H]2CCCCN2C(=O)NCC[C@H]2C[C@H]3CC[C@H]2C3)CN1. The number of piperidine rings is 1. The Labute approximate surface area is 144 Å². The van der Waals surface area contributed by atoms with Gasteiger partial charge in [0.25, 0.3) is 0 Å². The lowest BCUT2D eigenvalue weighted by atomic mass is 9.86. The molecule has 2 heterocycles. The Morgan fingerprint density at radius 3 is 2.79 bits per heavy atom. The topological polar surface area (TPSA) is 61.4 Å². The van der Waals surface area contributed by atoms with E-state index >= 15 is 0 Å². The number of fused-ring (bicyclic) bond motifs is 2. The summed E-state index contributed by atoms with van der Waals surface area (Å²) in [6.45, 7) is 2.39. The van der Waals surface area contributed by atoms with Crippen LogP contribution in [-0.2, 0) is 4.79 Å². The molecule has 5 nitrogen and oxygen atoms in total. The van der Waals surface area contributed by atoms with Crippen molar-refractivity contribution in [2.45, 2.75) is 63.8 Å². The van der Waals surface area contributed by atoms with E-state index in [1.165, 1.54) is 32.1 Å². The van der Waals surface area contributed by atoms with Crippen LogP contribution in [0.1, 0.15) is 57.8 Å². The fourth-order valence-corrected chi connectivity index (χ4v) is 5.80. The van der Waals surface area contributed by atoms with Crippen LogP contribution in [0.5, 0.6) is 0 Å². The Hall–Kier alpha value is -1.26. The zero-order valence-electron chi connectivity index (χ0n) is 14.6. The molecule has 3 amide bonds. The minimum Gasteiger partial charge on any atom is -0.356 e. The van der Waals surface area contributed by atoms with E-state index in [0.717, 1.165) is 56.7 Å². The molecule has 134 valence electrons. The van der Waals surface area contributed by atoms with E-state index in [-0.39, 0.29) is 18.0 Å². The van der Waals surface area contributed by atoms with Gasteiger partial charge in [-0.1, -0.05) is 6.42 Å². The largest absolute Gasteiger partial charge is 0.356 e. The molecule has 4 rings (SSSR count). The minimum atomic E-state index is 0.0993. The van der Waals surface area contributed by atoms with E-state index in [9.17, 15) is 9.59 Å². The molecule has 2 saturated carbocycles. The van der Waals surface area contributed by atoms with Crippen molar-refractivity contribution in [1.29, 1.82) is 0 Å². The highest BCUT2D eigenvalue weighted by Gasteiger charge is 2.39. The Morgan fingerprint density at radius 2 is 2.08 bits per heavy atom. The van der Waals surface area contributed by atoms with Gasteiger partial charge in [0.05, 0.1) is 0 Å². The summed E-state index contributed by atoms with van der Waals surface area (Å²) in [5, 5.41) is 6.11. The number of carbonyl (C=O) groups is 2. The van der Waals surface area contributed by atoms with E-state index < -0.39 is 0 Å². The van der Waals surface area contributed by atoms with Crippen molar-refractivity contribution in [2.24, 2.45) is 23.7 Å². The monoisotopic (exact) mass is 333 g/mol. The molecule has 2 bridgehead atoms. The molecule has 4 aliphatic rings. The normalized spacial score (nSPS) is 38.4. The van der Waals surface area contributed by atoms with E-state index in [1.54, 1.807) is 0 Å². The highest BCUT2D eigenvalue weighted by atomic mass is 16.2. The summed E-state index contributed by atoms with van der Waals surface area (Å²) in [7, 11) is 0. The average molecular weight is 333 g/mol. The van der Waals surface area contributed by atoms with E-state index in [2.05, 4.69) is 10.6 Å². The van der Waals surface area contributed by atoms with E-state index in [1.807, 2.05) is 4.90 Å². The van der Waals surface area contributed by atoms with Crippen LogP contribution in [-0.4, -0.2) is 42.5 Å². The third-order valence-electron chi connectivity index (χ3n) is 7.04. The van der Waals surface area contributed by atoms with Crippen LogP contribution in [0.4, 0.5) is 4.79 Å². The maximum atomic E-state index is 12.7. The van der Waals surface area contributed by atoms with Crippen molar-refractivity contribution < 1.29 is 9.59 Å². The number of nitrogens with zero attached hydrogens (tertiary/aromatic N) is 1. The first-order valence-corrected chi connectivity index (χ1v) is 10.0. The van der Waals surface area contributed by atoms with Gasteiger partial charge in [-0.2, -0.15) is 0 Å². The molecule has 0 spiro atoms. The second kappa shape index (κ2) is 6.93. The van der Waals surface area contributed by atoms with Crippen molar-refractivity contribution in [2.75, 3.05) is 19.6 Å². The van der Waals surface area contributed by atoms with Crippen molar-refractivity contribution in [1.82, 2.24) is 15.5 Å². The summed E-state index contributed by atoms with van der Waals surface area (Å²) in [6, 6.07) is 0.336. The summed E-state index contributed by atoms with van der Waals surface area (Å²) < 4.78 is 0. The fourth-order valence-electron chi connectivity index (χ4n) is 5.80. The van der Waals surface area contributed by atoms with Crippen molar-refractivity contribution in [3.8, 4) is 0 Å². The van der Waals surface area contributed by atoms with Crippen LogP contribution in [0.2, 0.25) is 0 Å². The van der Waals surface area contributed by atoms with Crippen LogP contribution in [0.15, 0.2) is 0 Å². The molecular formula is C19H31N3O2. The number of carbonyl (C=O) groups excluding carboxylic acids is 2. The van der Waals surface area contributed by atoms with Gasteiger partial charge >= 0.3 is 6.03 Å². The molecule has 5 atom stereocenters. The Kier molecular flexibility index (Phi) is 4.68. The maximum absolute atomic E-state index is 12.7. The maximum Gasteiger partial charge on any atom is 0.317 e. The Balaban J connectivity index is 1.27. The van der Waals surface area contributed by atoms with Gasteiger partial charge in [0.1, 0.15) is 0 Å². The highest BCUT2D eigenvalue weighted by Crippen LogP contribution is 2.49. The summed E-state index contributed by atoms with van der Waals surface area (Å²) in [4.78, 5) is 26.2. The van der Waals surface area contributed by atoms with Gasteiger partial charge in [0.15, 0.2) is 0 Å². The molecule has 2 saturated heterocycles. The van der Waals surface area contributed by atoms with Gasteiger partial charge in [-0.25, -0.2) is 4.79 Å². The molecule has 2 N–H and O–H groups in total. The summed E-state index contributed by atoms with van der Waals surface area (Å²) in [6.07, 6.45) is 10.7. The summed E-state index contributed by atoms with van der Waals surface area (Å²) >= 11 is 0. The summed E-state index contributed by atoms with van der Waals surface area (Å²) in [5.74, 6) is 3.20. The number of hydrogen-bond donors (Lipinski definition) is 2. The molecule has 0 radical (unpaired) electrons. The van der Waals surface area contributed by atoms with Crippen LogP contribution < -0.4 is 10.6 Å². The lowest BCUT2D eigenvalue weighted by molar-refractivity contribution is -0.119. The zero-order valence-corrected chi connectivity index (χ0v) is 14.6. The Morgan fingerprint density at radius 1 is 1.17 bits per heavy atom. The molecule has 2 aliphatic carbocycles. The number of urea groups is 1. The molecular weight excluding hydrogens is 302 g/mol. The highest BCUT2D eigenvalue weighted by molar-refractivity contribution is 5.79. The molecule has 24 heavy (non-hydrogen) atoms. The first-order chi connectivity index (χ1) is 11.7. The first kappa shape index (κ1) is 16.2. The molecule has 2 aliphatic heterocycles. The second-order valence-electron chi connectivity index (χ2n) is 8.48. The van der Waals surface area contributed by atoms with Gasteiger partial charge in [-0.3, -0.25) is 4.79 Å². The van der Waals surface area contributed by atoms with Crippen molar-refractivity contribution >= 4 is 11.9 Å². The second-order valence-corrected chi connectivity index (χ2v) is 8.48. The third kappa shape index (κ3) is 3.27. The molecule has 0 aromatic carbocycles. The van der Waals surface area contributed by atoms with Gasteiger partial charge in [-0.05, 0) is 62.7 Å². The van der Waals surface area contributed by atoms with Crippen LogP contribution >= 0.6 is 0 Å². The molecule has 0 aromatic rings. The minimum absolute atomic E-state index is 0.0993. The standard InChI is InChI=1S/C19H31N3O2/c23-18-11-16(12-21-18)17-3-1-2-8-22(17)19(24)20-7-6-15-10-13-4-5-14(15)9-13/h13-17H,1-12H2,(H,20,24)(H,21,23)/t13-,14-,15-,16-,17-/m0/s1.